The molecule has 3 aliphatic rings. The van der Waals surface area contributed by atoms with Gasteiger partial charge in [-0.05, 0) is 50.6 Å². The third-order valence-corrected chi connectivity index (χ3v) is 8.20. The molecule has 1 amide bonds. The normalized spacial score (nSPS) is 28.5. The number of Topliss-reactive ketones (excluding diaryl/α,β-unsaturated/α-hetero) is 2. The minimum Gasteiger partial charge on any atom is -0.507 e. The molecule has 1 aromatic carbocycles. The number of rotatable bonds is 4. The van der Waals surface area contributed by atoms with Gasteiger partial charge in [0.25, 0.3) is 5.91 Å². The molecule has 0 unspecified atom stereocenters. The number of benzene rings is 1. The molecule has 3 aliphatic carbocycles. The van der Waals surface area contributed by atoms with Crippen LogP contribution in [0.1, 0.15) is 17.5 Å². The summed E-state index contributed by atoms with van der Waals surface area (Å²) in [6, 6.07) is 2.95. The van der Waals surface area contributed by atoms with Crippen molar-refractivity contribution in [3.8, 4) is 5.75 Å². The van der Waals surface area contributed by atoms with Gasteiger partial charge >= 0.3 is 0 Å². The number of nitrogens with zero attached hydrogens (tertiary/aromatic N) is 2. The molecule has 0 radical (unpaired) electrons. The van der Waals surface area contributed by atoms with E-state index in [9.17, 15) is 19.5 Å². The van der Waals surface area contributed by atoms with Gasteiger partial charge in [-0.2, -0.15) is 0 Å². The van der Waals surface area contributed by atoms with Crippen molar-refractivity contribution in [3.05, 3.63) is 39.4 Å². The number of aliphatic hydroxyl groups is 1. The molecule has 0 aliphatic heterocycles. The lowest BCUT2D eigenvalue weighted by atomic mass is 9.59. The van der Waals surface area contributed by atoms with E-state index in [-0.39, 0.29) is 16.4 Å². The summed E-state index contributed by atoms with van der Waals surface area (Å²) in [4.78, 5) is 41.1. The van der Waals surface area contributed by atoms with Crippen molar-refractivity contribution in [2.45, 2.75) is 23.8 Å². The zero-order valence-electron chi connectivity index (χ0n) is 19.6. The third-order valence-electron chi connectivity index (χ3n) is 7.17. The van der Waals surface area contributed by atoms with E-state index >= 15 is 0 Å². The Morgan fingerprint density at radius 3 is 2.38 bits per heavy atom. The van der Waals surface area contributed by atoms with Gasteiger partial charge in [0.05, 0.1) is 23.7 Å². The van der Waals surface area contributed by atoms with E-state index in [1.165, 1.54) is 7.11 Å². The first-order chi connectivity index (χ1) is 15.9. The first-order valence-electron chi connectivity index (χ1n) is 10.8. The van der Waals surface area contributed by atoms with Crippen LogP contribution >= 0.6 is 23.2 Å². The number of fused-ring (bicyclic) bond motifs is 3. The summed E-state index contributed by atoms with van der Waals surface area (Å²) >= 11 is 13.4. The summed E-state index contributed by atoms with van der Waals surface area (Å²) in [5.74, 6) is -3.67. The quantitative estimate of drug-likeness (QED) is 0.365. The molecule has 0 bridgehead atoms. The van der Waals surface area contributed by atoms with E-state index in [0.717, 1.165) is 11.3 Å². The molecule has 0 spiro atoms. The standard InChI is InChI=1S/C24H27Cl2N3O5/c1-28(2)13-6-7-14(34-5)16-11(13)8-10-9-12-19(29(3)4)18(25)17(23(27)33)22(32)24(12,26)21(31)15(10)20(16)30/h6-7,10,12,19,30H,8-9H2,1-5H3,(H2,27,33)/t10-,12-,19-,24-/m0/s1. The monoisotopic (exact) mass is 507 g/mol. The third kappa shape index (κ3) is 3.19. The van der Waals surface area contributed by atoms with Gasteiger partial charge in [-0.3, -0.25) is 14.4 Å². The van der Waals surface area contributed by atoms with Crippen LogP contribution in [-0.4, -0.2) is 73.7 Å². The molecule has 4 atom stereocenters. The lowest BCUT2D eigenvalue weighted by Crippen LogP contribution is -2.63. The molecule has 0 aromatic heterocycles. The van der Waals surface area contributed by atoms with Crippen LogP contribution in [0.5, 0.6) is 5.75 Å². The van der Waals surface area contributed by atoms with Crippen molar-refractivity contribution >= 4 is 52.1 Å². The van der Waals surface area contributed by atoms with E-state index in [0.29, 0.717) is 24.2 Å². The highest BCUT2D eigenvalue weighted by atomic mass is 35.5. The molecule has 1 fully saturated rings. The Labute approximate surface area is 207 Å². The molecule has 0 heterocycles. The fraction of sp³-hybridized carbons (Fsp3) is 0.458. The van der Waals surface area contributed by atoms with Crippen LogP contribution in [0.3, 0.4) is 0 Å². The predicted octanol–water partition coefficient (Wildman–Crippen LogP) is 2.26. The first-order valence-corrected chi connectivity index (χ1v) is 11.6. The van der Waals surface area contributed by atoms with Crippen molar-refractivity contribution in [3.63, 3.8) is 0 Å². The van der Waals surface area contributed by atoms with Gasteiger partial charge in [-0.1, -0.05) is 11.6 Å². The number of carbonyl (C=O) groups excluding carboxylic acids is 3. The number of ether oxygens (including phenoxy) is 1. The number of anilines is 1. The Morgan fingerprint density at radius 2 is 1.85 bits per heavy atom. The van der Waals surface area contributed by atoms with Crippen molar-refractivity contribution in [2.24, 2.45) is 17.6 Å². The summed E-state index contributed by atoms with van der Waals surface area (Å²) in [5, 5.41) is 11.4. The van der Waals surface area contributed by atoms with Crippen LogP contribution < -0.4 is 15.4 Å². The fourth-order valence-electron chi connectivity index (χ4n) is 5.72. The van der Waals surface area contributed by atoms with Crippen LogP contribution in [0.15, 0.2) is 28.3 Å². The second-order valence-electron chi connectivity index (χ2n) is 9.41. The zero-order valence-corrected chi connectivity index (χ0v) is 21.1. The van der Waals surface area contributed by atoms with Gasteiger partial charge in [-0.15, -0.1) is 11.6 Å². The number of ketones is 2. The molecule has 182 valence electrons. The minimum atomic E-state index is -2.11. The van der Waals surface area contributed by atoms with Gasteiger partial charge < -0.3 is 25.4 Å². The van der Waals surface area contributed by atoms with Crippen molar-refractivity contribution in [2.75, 3.05) is 40.2 Å². The Morgan fingerprint density at radius 1 is 1.21 bits per heavy atom. The number of amides is 1. The Bertz CT molecular complexity index is 1190. The molecule has 1 aromatic rings. The van der Waals surface area contributed by atoms with Gasteiger partial charge in [0.15, 0.2) is 16.4 Å². The van der Waals surface area contributed by atoms with Crippen LogP contribution in [-0.2, 0) is 20.8 Å². The Kier molecular flexibility index (Phi) is 5.99. The van der Waals surface area contributed by atoms with Crippen LogP contribution in [0.4, 0.5) is 5.69 Å². The highest BCUT2D eigenvalue weighted by molar-refractivity contribution is 6.56. The molecular weight excluding hydrogens is 481 g/mol. The number of allylic oxidation sites excluding steroid dienone is 1. The first kappa shape index (κ1) is 24.6. The topological polar surface area (TPSA) is 113 Å². The van der Waals surface area contributed by atoms with E-state index in [1.54, 1.807) is 25.1 Å². The van der Waals surface area contributed by atoms with E-state index in [2.05, 4.69) is 0 Å². The number of hydrogen-bond donors (Lipinski definition) is 2. The summed E-state index contributed by atoms with van der Waals surface area (Å²) < 4.78 is 5.48. The van der Waals surface area contributed by atoms with Gasteiger partial charge in [-0.25, -0.2) is 0 Å². The molecule has 34 heavy (non-hydrogen) atoms. The molecule has 4 rings (SSSR count). The summed E-state index contributed by atoms with van der Waals surface area (Å²) in [6.07, 6.45) is 0.738. The average molecular weight is 508 g/mol. The zero-order chi connectivity index (χ0) is 25.3. The van der Waals surface area contributed by atoms with E-state index < -0.39 is 45.8 Å². The largest absolute Gasteiger partial charge is 0.507 e. The van der Waals surface area contributed by atoms with Crippen molar-refractivity contribution < 1.29 is 24.2 Å². The number of likely N-dealkylation sites (N-methyl/N-ethyl adjacent to an activating group) is 1. The maximum atomic E-state index is 13.9. The molecule has 3 N–H and O–H groups in total. The Hall–Kier alpha value is -2.55. The van der Waals surface area contributed by atoms with E-state index in [1.807, 2.05) is 25.1 Å². The summed E-state index contributed by atoms with van der Waals surface area (Å²) in [5.41, 5.74) is 7.20. The number of halogens is 2. The number of primary amides is 1. The van der Waals surface area contributed by atoms with Crippen molar-refractivity contribution in [1.29, 1.82) is 0 Å². The second-order valence-corrected chi connectivity index (χ2v) is 10.4. The van der Waals surface area contributed by atoms with E-state index in [4.69, 9.17) is 33.7 Å². The SMILES string of the molecule is COc1ccc(N(C)C)c2c1C(O)=C1C(=O)[C@]3(Cl)C(=O)C(C(N)=O)=C(Cl)[C@@H](N(C)C)[C@@H]3C[C@@H]1C2. The molecule has 10 heteroatoms. The number of nitrogens with two attached hydrogens (primary N) is 1. The molecule has 8 nitrogen and oxygen atoms in total. The lowest BCUT2D eigenvalue weighted by molar-refractivity contribution is -0.133. The van der Waals surface area contributed by atoms with Gasteiger partial charge in [0.1, 0.15) is 17.1 Å². The number of alkyl halides is 1. The van der Waals surface area contributed by atoms with Crippen LogP contribution in [0.2, 0.25) is 0 Å². The second kappa shape index (κ2) is 8.29. The summed E-state index contributed by atoms with van der Waals surface area (Å²) in [7, 11) is 8.74. The lowest BCUT2D eigenvalue weighted by Gasteiger charge is -2.50. The molecule has 0 saturated heterocycles. The van der Waals surface area contributed by atoms with Crippen LogP contribution in [0, 0.1) is 11.8 Å². The number of hydrogen-bond acceptors (Lipinski definition) is 7. The maximum Gasteiger partial charge on any atom is 0.253 e. The predicted molar refractivity (Wildman–Crippen MR) is 130 cm³/mol. The van der Waals surface area contributed by atoms with Crippen LogP contribution in [0.25, 0.3) is 5.76 Å². The van der Waals surface area contributed by atoms with Gasteiger partial charge in [0.2, 0.25) is 0 Å². The molecular formula is C24H27Cl2N3O5. The highest BCUT2D eigenvalue weighted by Gasteiger charge is 2.64. The average Bonchev–Trinajstić information content (AvgIpc) is 2.74. The maximum absolute atomic E-state index is 13.9. The summed E-state index contributed by atoms with van der Waals surface area (Å²) in [6.45, 7) is 0. The molecule has 1 saturated carbocycles. The smallest absolute Gasteiger partial charge is 0.253 e. The highest BCUT2D eigenvalue weighted by Crippen LogP contribution is 2.55. The minimum absolute atomic E-state index is 0.0138. The number of aliphatic hydroxyl groups excluding tert-OH is 1. The fourth-order valence-corrected chi connectivity index (χ4v) is 6.65. The number of carbonyl (C=O) groups is 3. The Balaban J connectivity index is 1.98. The number of methoxy groups -OCH3 is 1. The van der Waals surface area contributed by atoms with Crippen molar-refractivity contribution in [1.82, 2.24) is 4.90 Å². The van der Waals surface area contributed by atoms with Gasteiger partial charge in [0, 0.05) is 31.3 Å².